The van der Waals surface area contributed by atoms with E-state index in [2.05, 4.69) is 10.3 Å². The molecule has 0 radical (unpaired) electrons. The van der Waals surface area contributed by atoms with Crippen LogP contribution in [0.5, 0.6) is 5.75 Å². The van der Waals surface area contributed by atoms with Crippen LogP contribution in [0.3, 0.4) is 0 Å². The molecule has 7 nitrogen and oxygen atoms in total. The molecule has 2 aromatic carbocycles. The molecule has 0 spiro atoms. The predicted molar refractivity (Wildman–Crippen MR) is 125 cm³/mol. The first-order valence-electron chi connectivity index (χ1n) is 10.9. The summed E-state index contributed by atoms with van der Waals surface area (Å²) in [6.07, 6.45) is 2.67. The Morgan fingerprint density at radius 2 is 1.88 bits per heavy atom. The summed E-state index contributed by atoms with van der Waals surface area (Å²) in [7, 11) is -3.69. The van der Waals surface area contributed by atoms with E-state index in [-0.39, 0.29) is 10.6 Å². The predicted octanol–water partition coefficient (Wildman–Crippen LogP) is 4.51. The molecule has 3 aromatic rings. The Morgan fingerprint density at radius 1 is 1.12 bits per heavy atom. The average Bonchev–Trinajstić information content (AvgIpc) is 2.80. The monoisotopic (exact) mass is 471 g/mol. The molecule has 1 N–H and O–H groups in total. The number of hydrogen-bond donors (Lipinski definition) is 1. The Kier molecular flexibility index (Phi) is 6.62. The highest BCUT2D eigenvalue weighted by Crippen LogP contribution is 2.31. The second-order valence-electron chi connectivity index (χ2n) is 7.98. The normalized spacial score (nSPS) is 14.9. The minimum atomic E-state index is -3.69. The Balaban J connectivity index is 1.72. The van der Waals surface area contributed by atoms with Gasteiger partial charge in [-0.05, 0) is 63.1 Å². The number of pyridine rings is 1. The van der Waals surface area contributed by atoms with Crippen LogP contribution < -0.4 is 10.1 Å². The molecule has 4 rings (SSSR count). The zero-order valence-electron chi connectivity index (χ0n) is 18.6. The summed E-state index contributed by atoms with van der Waals surface area (Å²) < 4.78 is 47.1. The van der Waals surface area contributed by atoms with Gasteiger partial charge in [-0.25, -0.2) is 12.8 Å². The molecule has 33 heavy (non-hydrogen) atoms. The first-order valence-corrected chi connectivity index (χ1v) is 12.4. The second-order valence-corrected chi connectivity index (χ2v) is 9.92. The maximum Gasteiger partial charge on any atom is 0.256 e. The van der Waals surface area contributed by atoms with Crippen molar-refractivity contribution in [1.82, 2.24) is 9.29 Å². The highest BCUT2D eigenvalue weighted by Gasteiger charge is 2.27. The fourth-order valence-corrected chi connectivity index (χ4v) is 5.56. The summed E-state index contributed by atoms with van der Waals surface area (Å²) in [5, 5.41) is 3.29. The Hall–Kier alpha value is -3.04. The number of nitrogens with one attached hydrogen (secondary N) is 1. The SMILES string of the molecule is CCOc1ccc(S(=O)(=O)N2CCCCC2)cc1NC(=O)c1cc(C)nc2cc(F)ccc12. The van der Waals surface area contributed by atoms with E-state index in [1.54, 1.807) is 26.0 Å². The lowest BCUT2D eigenvalue weighted by molar-refractivity contribution is 0.102. The van der Waals surface area contributed by atoms with Gasteiger partial charge in [-0.15, -0.1) is 0 Å². The van der Waals surface area contributed by atoms with E-state index >= 15 is 0 Å². The molecule has 0 atom stereocenters. The van der Waals surface area contributed by atoms with E-state index in [0.717, 1.165) is 19.3 Å². The van der Waals surface area contributed by atoms with Gasteiger partial charge in [-0.2, -0.15) is 4.31 Å². The van der Waals surface area contributed by atoms with Crippen molar-refractivity contribution in [2.45, 2.75) is 38.0 Å². The van der Waals surface area contributed by atoms with Crippen molar-refractivity contribution >= 4 is 32.5 Å². The maximum absolute atomic E-state index is 13.7. The van der Waals surface area contributed by atoms with Gasteiger partial charge in [-0.1, -0.05) is 6.42 Å². The number of aryl methyl sites for hydroxylation is 1. The zero-order valence-corrected chi connectivity index (χ0v) is 19.4. The Labute approximate surface area is 192 Å². The molecular weight excluding hydrogens is 445 g/mol. The molecule has 0 aliphatic carbocycles. The van der Waals surface area contributed by atoms with E-state index < -0.39 is 21.7 Å². The van der Waals surface area contributed by atoms with Gasteiger partial charge in [0.05, 0.1) is 28.3 Å². The molecule has 1 aliphatic heterocycles. The van der Waals surface area contributed by atoms with Gasteiger partial charge in [0.1, 0.15) is 11.6 Å². The smallest absolute Gasteiger partial charge is 0.256 e. The summed E-state index contributed by atoms with van der Waals surface area (Å²) in [5.41, 5.74) is 1.49. The van der Waals surface area contributed by atoms with Crippen LogP contribution in [-0.2, 0) is 10.0 Å². The van der Waals surface area contributed by atoms with Crippen molar-refractivity contribution < 1.29 is 22.3 Å². The lowest BCUT2D eigenvalue weighted by atomic mass is 10.1. The van der Waals surface area contributed by atoms with E-state index in [1.807, 2.05) is 0 Å². The number of halogens is 1. The van der Waals surface area contributed by atoms with E-state index in [9.17, 15) is 17.6 Å². The van der Waals surface area contributed by atoms with Gasteiger partial charge >= 0.3 is 0 Å². The van der Waals surface area contributed by atoms with Crippen molar-refractivity contribution in [1.29, 1.82) is 0 Å². The van der Waals surface area contributed by atoms with Gasteiger partial charge in [-0.3, -0.25) is 9.78 Å². The number of rotatable bonds is 6. The van der Waals surface area contributed by atoms with Crippen LogP contribution in [-0.4, -0.2) is 43.3 Å². The van der Waals surface area contributed by atoms with Crippen molar-refractivity contribution in [3.8, 4) is 5.75 Å². The van der Waals surface area contributed by atoms with Gasteiger partial charge in [0, 0.05) is 30.2 Å². The number of nitrogens with zero attached hydrogens (tertiary/aromatic N) is 2. The summed E-state index contributed by atoms with van der Waals surface area (Å²) in [6.45, 7) is 4.83. The fourth-order valence-electron chi connectivity index (χ4n) is 4.01. The van der Waals surface area contributed by atoms with Crippen molar-refractivity contribution in [3.05, 3.63) is 59.5 Å². The van der Waals surface area contributed by atoms with E-state index in [1.165, 1.54) is 34.6 Å². The quantitative estimate of drug-likeness (QED) is 0.572. The first-order chi connectivity index (χ1) is 15.8. The third-order valence-corrected chi connectivity index (χ3v) is 7.49. The molecule has 174 valence electrons. The van der Waals surface area contributed by atoms with Crippen LogP contribution in [0.2, 0.25) is 0 Å². The maximum atomic E-state index is 13.7. The molecular formula is C24H26FN3O4S. The molecule has 1 fully saturated rings. The number of piperidine rings is 1. The molecule has 0 bridgehead atoms. The van der Waals surface area contributed by atoms with Crippen LogP contribution in [0.4, 0.5) is 10.1 Å². The summed E-state index contributed by atoms with van der Waals surface area (Å²) in [4.78, 5) is 17.6. The number of carbonyl (C=O) groups is 1. The largest absolute Gasteiger partial charge is 0.492 e. The molecule has 9 heteroatoms. The fraction of sp³-hybridized carbons (Fsp3) is 0.333. The molecule has 1 aliphatic rings. The number of sulfonamides is 1. The third kappa shape index (κ3) is 4.84. The second kappa shape index (κ2) is 9.44. The van der Waals surface area contributed by atoms with Gasteiger partial charge in [0.15, 0.2) is 0 Å². The van der Waals surface area contributed by atoms with Gasteiger partial charge < -0.3 is 10.1 Å². The highest BCUT2D eigenvalue weighted by molar-refractivity contribution is 7.89. The summed E-state index contributed by atoms with van der Waals surface area (Å²) in [6, 6.07) is 10.2. The van der Waals surface area contributed by atoms with Crippen LogP contribution in [0.15, 0.2) is 47.4 Å². The van der Waals surface area contributed by atoms with Crippen LogP contribution in [0, 0.1) is 12.7 Å². The van der Waals surface area contributed by atoms with Crippen molar-refractivity contribution in [3.63, 3.8) is 0 Å². The van der Waals surface area contributed by atoms with Crippen LogP contribution in [0.1, 0.15) is 42.2 Å². The minimum Gasteiger partial charge on any atom is -0.492 e. The molecule has 2 heterocycles. The van der Waals surface area contributed by atoms with Crippen LogP contribution in [0.25, 0.3) is 10.9 Å². The average molecular weight is 472 g/mol. The lowest BCUT2D eigenvalue weighted by Gasteiger charge is -2.26. The Morgan fingerprint density at radius 3 is 2.61 bits per heavy atom. The molecule has 1 amide bonds. The zero-order chi connectivity index (χ0) is 23.6. The number of aromatic nitrogens is 1. The number of benzene rings is 2. The highest BCUT2D eigenvalue weighted by atomic mass is 32.2. The first kappa shape index (κ1) is 23.1. The number of fused-ring (bicyclic) bond motifs is 1. The number of ether oxygens (including phenoxy) is 1. The number of amides is 1. The molecule has 0 unspecified atom stereocenters. The topological polar surface area (TPSA) is 88.6 Å². The number of anilines is 1. The Bertz CT molecular complexity index is 1300. The third-order valence-electron chi connectivity index (χ3n) is 5.60. The van der Waals surface area contributed by atoms with Crippen molar-refractivity contribution in [2.24, 2.45) is 0 Å². The van der Waals surface area contributed by atoms with Crippen molar-refractivity contribution in [2.75, 3.05) is 25.0 Å². The number of hydrogen-bond acceptors (Lipinski definition) is 5. The van der Waals surface area contributed by atoms with Gasteiger partial charge in [0.2, 0.25) is 10.0 Å². The van der Waals surface area contributed by atoms with Gasteiger partial charge in [0.25, 0.3) is 5.91 Å². The minimum absolute atomic E-state index is 0.0981. The lowest BCUT2D eigenvalue weighted by Crippen LogP contribution is -2.35. The molecule has 1 saturated heterocycles. The van der Waals surface area contributed by atoms with E-state index in [0.29, 0.717) is 47.6 Å². The molecule has 1 aromatic heterocycles. The molecule has 0 saturated carbocycles. The summed E-state index contributed by atoms with van der Waals surface area (Å²) in [5.74, 6) is -0.545. The summed E-state index contributed by atoms with van der Waals surface area (Å²) >= 11 is 0. The van der Waals surface area contributed by atoms with E-state index in [4.69, 9.17) is 4.74 Å². The standard InChI is InChI=1S/C24H26FN3O4S/c1-3-32-23-10-8-18(33(30,31)28-11-5-4-6-12-28)15-22(23)27-24(29)20-13-16(2)26-21-14-17(25)7-9-19(20)21/h7-10,13-15H,3-6,11-12H2,1-2H3,(H,27,29). The number of carbonyl (C=O) groups excluding carboxylic acids is 1. The van der Waals surface area contributed by atoms with Crippen LogP contribution >= 0.6 is 0 Å².